The summed E-state index contributed by atoms with van der Waals surface area (Å²) in [6, 6.07) is 14.6. The van der Waals surface area contributed by atoms with Crippen LogP contribution in [0.2, 0.25) is 5.02 Å². The van der Waals surface area contributed by atoms with E-state index in [1.807, 2.05) is 31.2 Å². The number of amides is 1. The van der Waals surface area contributed by atoms with Crippen LogP contribution in [0, 0.1) is 6.92 Å². The predicted molar refractivity (Wildman–Crippen MR) is 105 cm³/mol. The molecular formula is C19H23ClN2O3S. The molecule has 0 aromatic heterocycles. The van der Waals surface area contributed by atoms with Gasteiger partial charge in [-0.3, -0.25) is 4.79 Å². The second kappa shape index (κ2) is 9.16. The lowest BCUT2D eigenvalue weighted by Gasteiger charge is -2.20. The van der Waals surface area contributed by atoms with Gasteiger partial charge >= 0.3 is 0 Å². The van der Waals surface area contributed by atoms with Crippen molar-refractivity contribution in [3.63, 3.8) is 0 Å². The number of hydrogen-bond acceptors (Lipinski definition) is 3. The summed E-state index contributed by atoms with van der Waals surface area (Å²) < 4.78 is 25.4. The monoisotopic (exact) mass is 394 g/mol. The quantitative estimate of drug-likeness (QED) is 0.748. The van der Waals surface area contributed by atoms with Crippen LogP contribution in [-0.4, -0.2) is 44.5 Å². The number of rotatable bonds is 8. The number of nitrogens with one attached hydrogen (secondary N) is 1. The molecule has 2 aromatic carbocycles. The minimum absolute atomic E-state index is 0.208. The molecule has 1 amide bonds. The molecule has 0 aliphatic carbocycles. The van der Waals surface area contributed by atoms with Crippen molar-refractivity contribution in [3.05, 3.63) is 70.2 Å². The van der Waals surface area contributed by atoms with E-state index in [4.69, 9.17) is 11.6 Å². The highest BCUT2D eigenvalue weighted by molar-refractivity contribution is 7.88. The largest absolute Gasteiger partial charge is 0.351 e. The van der Waals surface area contributed by atoms with Crippen molar-refractivity contribution in [2.75, 3.05) is 25.9 Å². The van der Waals surface area contributed by atoms with Crippen molar-refractivity contribution in [2.24, 2.45) is 0 Å². The van der Waals surface area contributed by atoms with Crippen molar-refractivity contribution in [3.8, 4) is 0 Å². The van der Waals surface area contributed by atoms with E-state index in [0.29, 0.717) is 23.6 Å². The lowest BCUT2D eigenvalue weighted by Crippen LogP contribution is -2.39. The van der Waals surface area contributed by atoms with Gasteiger partial charge in [0.15, 0.2) is 0 Å². The van der Waals surface area contributed by atoms with Crippen LogP contribution in [0.3, 0.4) is 0 Å². The molecule has 0 bridgehead atoms. The molecule has 0 heterocycles. The second-order valence-corrected chi connectivity index (χ2v) is 8.58. The Morgan fingerprint density at radius 2 is 1.81 bits per heavy atom. The van der Waals surface area contributed by atoms with Crippen LogP contribution < -0.4 is 5.32 Å². The molecule has 7 heteroatoms. The first-order valence-corrected chi connectivity index (χ1v) is 10.5. The number of hydrogen-bond donors (Lipinski definition) is 1. The van der Waals surface area contributed by atoms with Crippen molar-refractivity contribution in [1.82, 2.24) is 9.62 Å². The average molecular weight is 395 g/mol. The standard InChI is InChI=1S/C19H23ClN2O3S/c1-15-4-3-5-17(14-15)19(23)21-11-13-22(26(2,24)25)12-10-16-6-8-18(20)9-7-16/h3-9,14H,10-13H2,1-2H3,(H,21,23). The van der Waals surface area contributed by atoms with Gasteiger partial charge in [0.2, 0.25) is 10.0 Å². The average Bonchev–Trinajstić information content (AvgIpc) is 2.58. The topological polar surface area (TPSA) is 66.5 Å². The molecule has 0 spiro atoms. The van der Waals surface area contributed by atoms with E-state index in [-0.39, 0.29) is 19.0 Å². The van der Waals surface area contributed by atoms with Gasteiger partial charge in [0.05, 0.1) is 6.26 Å². The fourth-order valence-electron chi connectivity index (χ4n) is 2.53. The third kappa shape index (κ3) is 6.44. The zero-order chi connectivity index (χ0) is 19.2. The predicted octanol–water partition coefficient (Wildman–Crippen LogP) is 2.88. The van der Waals surface area contributed by atoms with Crippen LogP contribution in [0.15, 0.2) is 48.5 Å². The van der Waals surface area contributed by atoms with Gasteiger partial charge in [-0.1, -0.05) is 41.4 Å². The van der Waals surface area contributed by atoms with Gasteiger partial charge in [-0.05, 0) is 43.2 Å². The van der Waals surface area contributed by atoms with Gasteiger partial charge in [-0.15, -0.1) is 0 Å². The molecule has 0 aliphatic rings. The summed E-state index contributed by atoms with van der Waals surface area (Å²) in [7, 11) is -3.36. The van der Waals surface area contributed by atoms with Crippen LogP contribution in [-0.2, 0) is 16.4 Å². The molecule has 5 nitrogen and oxygen atoms in total. The van der Waals surface area contributed by atoms with E-state index in [0.717, 1.165) is 11.1 Å². The number of carbonyl (C=O) groups excluding carboxylic acids is 1. The van der Waals surface area contributed by atoms with Crippen molar-refractivity contribution in [1.29, 1.82) is 0 Å². The minimum Gasteiger partial charge on any atom is -0.351 e. The maximum absolute atomic E-state index is 12.1. The highest BCUT2D eigenvalue weighted by Gasteiger charge is 2.16. The molecule has 0 unspecified atom stereocenters. The van der Waals surface area contributed by atoms with E-state index in [1.165, 1.54) is 10.6 Å². The number of nitrogens with zero attached hydrogens (tertiary/aromatic N) is 1. The Kier molecular flexibility index (Phi) is 7.20. The summed E-state index contributed by atoms with van der Waals surface area (Å²) in [4.78, 5) is 12.1. The molecule has 140 valence electrons. The minimum atomic E-state index is -3.36. The van der Waals surface area contributed by atoms with Gasteiger partial charge in [0.25, 0.3) is 5.91 Å². The Balaban J connectivity index is 1.89. The maximum atomic E-state index is 12.1. The van der Waals surface area contributed by atoms with Crippen LogP contribution in [0.25, 0.3) is 0 Å². The van der Waals surface area contributed by atoms with Crippen molar-refractivity contribution in [2.45, 2.75) is 13.3 Å². The van der Waals surface area contributed by atoms with Crippen LogP contribution >= 0.6 is 11.6 Å². The Hall–Kier alpha value is -1.89. The van der Waals surface area contributed by atoms with E-state index >= 15 is 0 Å². The first kappa shape index (κ1) is 20.4. The molecular weight excluding hydrogens is 372 g/mol. The van der Waals surface area contributed by atoms with Crippen molar-refractivity contribution < 1.29 is 13.2 Å². The Morgan fingerprint density at radius 1 is 1.12 bits per heavy atom. The summed E-state index contributed by atoms with van der Waals surface area (Å²) in [6.07, 6.45) is 1.76. The number of halogens is 1. The van der Waals surface area contributed by atoms with Gasteiger partial charge in [0.1, 0.15) is 0 Å². The van der Waals surface area contributed by atoms with Gasteiger partial charge in [-0.25, -0.2) is 12.7 Å². The van der Waals surface area contributed by atoms with Gasteiger partial charge in [-0.2, -0.15) is 0 Å². The lowest BCUT2D eigenvalue weighted by molar-refractivity contribution is 0.0951. The zero-order valence-corrected chi connectivity index (χ0v) is 16.5. The maximum Gasteiger partial charge on any atom is 0.251 e. The molecule has 0 atom stereocenters. The molecule has 0 radical (unpaired) electrons. The fourth-order valence-corrected chi connectivity index (χ4v) is 3.50. The SMILES string of the molecule is Cc1cccc(C(=O)NCCN(CCc2ccc(Cl)cc2)S(C)(=O)=O)c1. The van der Waals surface area contributed by atoms with Gasteiger partial charge < -0.3 is 5.32 Å². The van der Waals surface area contributed by atoms with E-state index in [9.17, 15) is 13.2 Å². The van der Waals surface area contributed by atoms with Gasteiger partial charge in [0, 0.05) is 30.2 Å². The summed E-state index contributed by atoms with van der Waals surface area (Å²) in [5.74, 6) is -0.208. The zero-order valence-electron chi connectivity index (χ0n) is 14.9. The van der Waals surface area contributed by atoms with E-state index < -0.39 is 10.0 Å². The Morgan fingerprint density at radius 3 is 2.42 bits per heavy atom. The van der Waals surface area contributed by atoms with E-state index in [2.05, 4.69) is 5.32 Å². The molecule has 0 saturated carbocycles. The molecule has 0 aliphatic heterocycles. The van der Waals surface area contributed by atoms with Crippen LogP contribution in [0.1, 0.15) is 21.5 Å². The third-order valence-electron chi connectivity index (χ3n) is 3.96. The summed E-state index contributed by atoms with van der Waals surface area (Å²) >= 11 is 5.86. The highest BCUT2D eigenvalue weighted by Crippen LogP contribution is 2.11. The van der Waals surface area contributed by atoms with Crippen LogP contribution in [0.4, 0.5) is 0 Å². The molecule has 2 rings (SSSR count). The first-order chi connectivity index (χ1) is 12.3. The van der Waals surface area contributed by atoms with E-state index in [1.54, 1.807) is 24.3 Å². The number of sulfonamides is 1. The Labute approximate surface area is 160 Å². The van der Waals surface area contributed by atoms with Crippen molar-refractivity contribution >= 4 is 27.5 Å². The Bertz CT molecular complexity index is 851. The molecule has 1 N–H and O–H groups in total. The number of benzene rings is 2. The first-order valence-electron chi connectivity index (χ1n) is 8.30. The third-order valence-corrected chi connectivity index (χ3v) is 5.51. The molecule has 26 heavy (non-hydrogen) atoms. The second-order valence-electron chi connectivity index (χ2n) is 6.16. The fraction of sp³-hybridized carbons (Fsp3) is 0.316. The molecule has 0 saturated heterocycles. The lowest BCUT2D eigenvalue weighted by atomic mass is 10.1. The van der Waals surface area contributed by atoms with Crippen LogP contribution in [0.5, 0.6) is 0 Å². The number of aryl methyl sites for hydroxylation is 1. The normalized spacial score (nSPS) is 11.5. The molecule has 2 aromatic rings. The summed E-state index contributed by atoms with van der Waals surface area (Å²) in [5.41, 5.74) is 2.57. The highest BCUT2D eigenvalue weighted by atomic mass is 35.5. The smallest absolute Gasteiger partial charge is 0.251 e. The molecule has 0 fully saturated rings. The summed E-state index contributed by atoms with van der Waals surface area (Å²) in [5, 5.41) is 3.42. The summed E-state index contributed by atoms with van der Waals surface area (Å²) in [6.45, 7) is 2.74. The number of carbonyl (C=O) groups is 1.